The Hall–Kier alpha value is -2.03. The minimum atomic E-state index is -0.734. The van der Waals surface area contributed by atoms with Crippen LogP contribution in [-0.4, -0.2) is 18.6 Å². The molecule has 0 radical (unpaired) electrons. The summed E-state index contributed by atoms with van der Waals surface area (Å²) in [7, 11) is 0. The van der Waals surface area contributed by atoms with Crippen LogP contribution >= 0.6 is 27.5 Å². The Balaban J connectivity index is 2.17. The summed E-state index contributed by atoms with van der Waals surface area (Å²) >= 11 is 9.46. The molecule has 0 heterocycles. The van der Waals surface area contributed by atoms with Crippen LogP contribution in [0.2, 0.25) is 5.02 Å². The van der Waals surface area contributed by atoms with Gasteiger partial charge in [0.2, 0.25) is 0 Å². The lowest BCUT2D eigenvalue weighted by Crippen LogP contribution is -2.41. The van der Waals surface area contributed by atoms with Crippen molar-refractivity contribution in [1.82, 2.24) is 0 Å². The molecule has 0 saturated carbocycles. The van der Waals surface area contributed by atoms with Gasteiger partial charge < -0.3 is 9.64 Å². The van der Waals surface area contributed by atoms with Crippen LogP contribution in [0.15, 0.2) is 53.0 Å². The van der Waals surface area contributed by atoms with Crippen LogP contribution in [-0.2, 0) is 4.79 Å². The highest BCUT2D eigenvalue weighted by Gasteiger charge is 2.24. The van der Waals surface area contributed by atoms with Gasteiger partial charge in [-0.15, -0.1) is 0 Å². The van der Waals surface area contributed by atoms with Crippen molar-refractivity contribution in [3.05, 3.63) is 58.0 Å². The van der Waals surface area contributed by atoms with E-state index in [2.05, 4.69) is 22.0 Å². The molecule has 0 bridgehead atoms. The molecule has 6 heteroatoms. The van der Waals surface area contributed by atoms with E-state index in [0.29, 0.717) is 17.3 Å². The molecule has 2 aromatic rings. The van der Waals surface area contributed by atoms with Crippen LogP contribution < -0.4 is 9.64 Å². The molecule has 24 heavy (non-hydrogen) atoms. The highest BCUT2D eigenvalue weighted by molar-refractivity contribution is 9.10. The molecule has 1 unspecified atom stereocenters. The summed E-state index contributed by atoms with van der Waals surface area (Å²) < 4.78 is 6.55. The molecule has 1 atom stereocenters. The number of halogens is 2. The van der Waals surface area contributed by atoms with Crippen LogP contribution in [0.25, 0.3) is 0 Å². The molecular formula is C18H16BrClN2O2. The zero-order valence-electron chi connectivity index (χ0n) is 13.1. The number of ether oxygens (including phenoxy) is 1. The van der Waals surface area contributed by atoms with Gasteiger partial charge >= 0.3 is 0 Å². The van der Waals surface area contributed by atoms with Gasteiger partial charge in [-0.2, -0.15) is 5.26 Å². The van der Waals surface area contributed by atoms with E-state index in [9.17, 15) is 4.79 Å². The largest absolute Gasteiger partial charge is 0.479 e. The fourth-order valence-electron chi connectivity index (χ4n) is 2.17. The van der Waals surface area contributed by atoms with Gasteiger partial charge in [-0.1, -0.05) is 45.7 Å². The van der Waals surface area contributed by atoms with Crippen molar-refractivity contribution in [3.63, 3.8) is 0 Å². The zero-order valence-corrected chi connectivity index (χ0v) is 15.4. The third-order valence-electron chi connectivity index (χ3n) is 3.33. The van der Waals surface area contributed by atoms with Crippen molar-refractivity contribution in [2.24, 2.45) is 0 Å². The lowest BCUT2D eigenvalue weighted by Gasteiger charge is -2.25. The van der Waals surface area contributed by atoms with Gasteiger partial charge in [0.25, 0.3) is 5.91 Å². The minimum absolute atomic E-state index is 0.226. The molecule has 2 aromatic carbocycles. The molecule has 0 aromatic heterocycles. The monoisotopic (exact) mass is 406 g/mol. The maximum Gasteiger partial charge on any atom is 0.267 e. The van der Waals surface area contributed by atoms with Crippen molar-refractivity contribution >= 4 is 39.1 Å². The van der Waals surface area contributed by atoms with Crippen LogP contribution in [0.1, 0.15) is 13.3 Å². The number of nitriles is 1. The van der Waals surface area contributed by atoms with Crippen LogP contribution in [0.5, 0.6) is 5.75 Å². The number of hydrogen-bond acceptors (Lipinski definition) is 3. The SMILES string of the molecule is CC(Oc1ccc(Br)cc1Cl)C(=O)N(CCC#N)c1ccccc1. The molecule has 1 amide bonds. The van der Waals surface area contributed by atoms with E-state index in [1.165, 1.54) is 0 Å². The number of amides is 1. The first-order valence-electron chi connectivity index (χ1n) is 7.38. The van der Waals surface area contributed by atoms with Crippen molar-refractivity contribution in [2.75, 3.05) is 11.4 Å². The highest BCUT2D eigenvalue weighted by atomic mass is 79.9. The number of carbonyl (C=O) groups is 1. The molecule has 2 rings (SSSR count). The lowest BCUT2D eigenvalue weighted by atomic mass is 10.2. The summed E-state index contributed by atoms with van der Waals surface area (Å²) in [6.07, 6.45) is -0.491. The molecule has 124 valence electrons. The second-order valence-electron chi connectivity index (χ2n) is 5.07. The van der Waals surface area contributed by atoms with E-state index in [4.69, 9.17) is 21.6 Å². The molecular weight excluding hydrogens is 392 g/mol. The molecule has 0 spiro atoms. The first-order valence-corrected chi connectivity index (χ1v) is 8.55. The zero-order chi connectivity index (χ0) is 17.5. The second-order valence-corrected chi connectivity index (χ2v) is 6.39. The van der Waals surface area contributed by atoms with Gasteiger partial charge in [-0.05, 0) is 37.3 Å². The quantitative estimate of drug-likeness (QED) is 0.690. The Morgan fingerprint density at radius 2 is 2.04 bits per heavy atom. The van der Waals surface area contributed by atoms with Crippen molar-refractivity contribution in [2.45, 2.75) is 19.4 Å². The average Bonchev–Trinajstić information content (AvgIpc) is 2.58. The van der Waals surface area contributed by atoms with Crippen molar-refractivity contribution in [3.8, 4) is 11.8 Å². The van der Waals surface area contributed by atoms with Crippen LogP contribution in [0.3, 0.4) is 0 Å². The maximum absolute atomic E-state index is 12.8. The number of para-hydroxylation sites is 1. The van der Waals surface area contributed by atoms with Gasteiger partial charge in [0.1, 0.15) is 5.75 Å². The summed E-state index contributed by atoms with van der Waals surface area (Å²) in [6.45, 7) is 1.98. The normalized spacial score (nSPS) is 11.4. The maximum atomic E-state index is 12.8. The summed E-state index contributed by atoms with van der Waals surface area (Å²) in [5.74, 6) is 0.212. The Morgan fingerprint density at radius 1 is 1.33 bits per heavy atom. The summed E-state index contributed by atoms with van der Waals surface area (Å²) in [5, 5.41) is 9.26. The van der Waals surface area contributed by atoms with E-state index in [0.717, 1.165) is 10.2 Å². The predicted molar refractivity (Wildman–Crippen MR) is 98.3 cm³/mol. The first kappa shape index (κ1) is 18.3. The summed E-state index contributed by atoms with van der Waals surface area (Å²) in [4.78, 5) is 14.3. The van der Waals surface area contributed by atoms with E-state index < -0.39 is 6.10 Å². The van der Waals surface area contributed by atoms with Gasteiger partial charge in [0.15, 0.2) is 6.10 Å². The van der Waals surface area contributed by atoms with Crippen LogP contribution in [0.4, 0.5) is 5.69 Å². The molecule has 0 aliphatic rings. The van der Waals surface area contributed by atoms with Crippen molar-refractivity contribution < 1.29 is 9.53 Å². The van der Waals surface area contributed by atoms with E-state index >= 15 is 0 Å². The van der Waals surface area contributed by atoms with Crippen LogP contribution in [0, 0.1) is 11.3 Å². The number of anilines is 1. The predicted octanol–water partition coefficient (Wildman–Crippen LogP) is 4.82. The summed E-state index contributed by atoms with van der Waals surface area (Å²) in [6, 6.07) is 16.5. The molecule has 0 aliphatic heterocycles. The number of carbonyl (C=O) groups excluding carboxylic acids is 1. The fourth-order valence-corrected chi connectivity index (χ4v) is 2.89. The molecule has 0 N–H and O–H groups in total. The van der Waals surface area contributed by atoms with E-state index in [-0.39, 0.29) is 12.3 Å². The second kappa shape index (κ2) is 8.72. The summed E-state index contributed by atoms with van der Waals surface area (Å²) in [5.41, 5.74) is 0.732. The van der Waals surface area contributed by atoms with E-state index in [1.54, 1.807) is 30.0 Å². The standard InChI is InChI=1S/C18H16BrClN2O2/c1-13(24-17-9-8-14(19)12-16(17)20)18(23)22(11-5-10-21)15-6-3-2-4-7-15/h2-4,6-9,12-13H,5,11H2,1H3. The first-order chi connectivity index (χ1) is 11.5. The lowest BCUT2D eigenvalue weighted by molar-refractivity contribution is -0.124. The Bertz CT molecular complexity index is 746. The number of hydrogen-bond donors (Lipinski definition) is 0. The smallest absolute Gasteiger partial charge is 0.267 e. The number of nitrogens with zero attached hydrogens (tertiary/aromatic N) is 2. The fraction of sp³-hybridized carbons (Fsp3) is 0.222. The average molecular weight is 408 g/mol. The topological polar surface area (TPSA) is 53.3 Å². The molecule has 0 saturated heterocycles. The highest BCUT2D eigenvalue weighted by Crippen LogP contribution is 2.29. The van der Waals surface area contributed by atoms with Gasteiger partial charge in [-0.25, -0.2) is 0 Å². The van der Waals surface area contributed by atoms with Gasteiger partial charge in [-0.3, -0.25) is 4.79 Å². The molecule has 4 nitrogen and oxygen atoms in total. The Labute approximate surface area is 154 Å². The van der Waals surface area contributed by atoms with Crippen molar-refractivity contribution in [1.29, 1.82) is 5.26 Å². The number of benzene rings is 2. The van der Waals surface area contributed by atoms with E-state index in [1.807, 2.05) is 30.3 Å². The Morgan fingerprint density at radius 3 is 2.67 bits per heavy atom. The van der Waals surface area contributed by atoms with Gasteiger partial charge in [0, 0.05) is 16.7 Å². The Kier molecular flexibility index (Phi) is 6.65. The third kappa shape index (κ3) is 4.73. The number of rotatable bonds is 6. The molecule has 0 fully saturated rings. The third-order valence-corrected chi connectivity index (χ3v) is 4.12. The van der Waals surface area contributed by atoms with Gasteiger partial charge in [0.05, 0.1) is 17.5 Å². The molecule has 0 aliphatic carbocycles. The minimum Gasteiger partial charge on any atom is -0.479 e.